The molecule has 4 nitrogen and oxygen atoms in total. The van der Waals surface area contributed by atoms with Crippen molar-refractivity contribution in [2.24, 2.45) is 0 Å². The smallest absolute Gasteiger partial charge is 0.410 e. The van der Waals surface area contributed by atoms with E-state index in [9.17, 15) is 4.79 Å². The summed E-state index contributed by atoms with van der Waals surface area (Å²) in [5, 5.41) is 0. The molecule has 2 rings (SSSR count). The summed E-state index contributed by atoms with van der Waals surface area (Å²) in [6, 6.07) is 0.288. The van der Waals surface area contributed by atoms with Gasteiger partial charge in [-0.05, 0) is 52.0 Å². The Morgan fingerprint density at radius 3 is 2.74 bits per heavy atom. The Morgan fingerprint density at radius 2 is 2.05 bits per heavy atom. The Hall–Kier alpha value is -0.420. The van der Waals surface area contributed by atoms with Crippen molar-refractivity contribution in [1.82, 2.24) is 9.80 Å². The fourth-order valence-electron chi connectivity index (χ4n) is 2.86. The van der Waals surface area contributed by atoms with Crippen LogP contribution in [-0.2, 0) is 4.74 Å². The molecular formula is C14H26N2O2S. The standard InChI is InChI=1S/C14H26N2O2S/c1-15(2)10-12-11-19-9-5-8-16(12)14(17)18-13-6-3-4-7-13/h12-13H,3-11H2,1-2H3. The molecule has 0 bridgehead atoms. The molecule has 2 fully saturated rings. The van der Waals surface area contributed by atoms with E-state index in [4.69, 9.17) is 4.74 Å². The highest BCUT2D eigenvalue weighted by Crippen LogP contribution is 2.23. The van der Waals surface area contributed by atoms with Crippen LogP contribution in [0.1, 0.15) is 32.1 Å². The van der Waals surface area contributed by atoms with Crippen molar-refractivity contribution < 1.29 is 9.53 Å². The number of amides is 1. The minimum absolute atomic E-state index is 0.0822. The van der Waals surface area contributed by atoms with Crippen LogP contribution in [0.15, 0.2) is 0 Å². The maximum Gasteiger partial charge on any atom is 0.410 e. The van der Waals surface area contributed by atoms with Crippen LogP contribution in [-0.4, -0.2) is 66.7 Å². The van der Waals surface area contributed by atoms with Crippen LogP contribution in [0.4, 0.5) is 4.79 Å². The third-order valence-electron chi connectivity index (χ3n) is 3.82. The van der Waals surface area contributed by atoms with Crippen LogP contribution in [0.3, 0.4) is 0 Å². The van der Waals surface area contributed by atoms with E-state index in [-0.39, 0.29) is 18.2 Å². The molecule has 19 heavy (non-hydrogen) atoms. The van der Waals surface area contributed by atoms with Crippen LogP contribution in [0.2, 0.25) is 0 Å². The molecule has 1 atom stereocenters. The van der Waals surface area contributed by atoms with E-state index in [1.165, 1.54) is 12.8 Å². The fourth-order valence-corrected chi connectivity index (χ4v) is 3.92. The zero-order chi connectivity index (χ0) is 13.7. The Bertz CT molecular complexity index is 293. The van der Waals surface area contributed by atoms with Gasteiger partial charge in [0, 0.05) is 18.8 Å². The van der Waals surface area contributed by atoms with Crippen molar-refractivity contribution in [3.63, 3.8) is 0 Å². The largest absolute Gasteiger partial charge is 0.446 e. The van der Waals surface area contributed by atoms with E-state index in [2.05, 4.69) is 19.0 Å². The van der Waals surface area contributed by atoms with Crippen molar-refractivity contribution in [2.45, 2.75) is 44.2 Å². The molecule has 0 aromatic heterocycles. The van der Waals surface area contributed by atoms with E-state index < -0.39 is 0 Å². The van der Waals surface area contributed by atoms with E-state index in [1.54, 1.807) is 0 Å². The van der Waals surface area contributed by atoms with Crippen molar-refractivity contribution in [3.8, 4) is 0 Å². The van der Waals surface area contributed by atoms with Gasteiger partial charge in [-0.2, -0.15) is 11.8 Å². The number of rotatable bonds is 3. The number of carbonyl (C=O) groups is 1. The first kappa shape index (κ1) is 15.0. The summed E-state index contributed by atoms with van der Waals surface area (Å²) in [5.74, 6) is 2.18. The molecule has 1 heterocycles. The van der Waals surface area contributed by atoms with Gasteiger partial charge in [0.2, 0.25) is 0 Å². The van der Waals surface area contributed by atoms with Crippen LogP contribution in [0.25, 0.3) is 0 Å². The molecule has 1 amide bonds. The normalized spacial score (nSPS) is 25.6. The first-order valence-corrected chi connectivity index (χ1v) is 8.52. The van der Waals surface area contributed by atoms with Gasteiger partial charge in [-0.15, -0.1) is 0 Å². The van der Waals surface area contributed by atoms with E-state index in [0.29, 0.717) is 0 Å². The zero-order valence-electron chi connectivity index (χ0n) is 12.1. The lowest BCUT2D eigenvalue weighted by molar-refractivity contribution is 0.0529. The molecule has 1 unspecified atom stereocenters. The highest BCUT2D eigenvalue weighted by Gasteiger charge is 2.29. The summed E-state index contributed by atoms with van der Waals surface area (Å²) in [4.78, 5) is 16.5. The lowest BCUT2D eigenvalue weighted by Gasteiger charge is -2.31. The molecule has 1 aliphatic heterocycles. The van der Waals surface area contributed by atoms with Crippen LogP contribution >= 0.6 is 11.8 Å². The van der Waals surface area contributed by atoms with Gasteiger partial charge in [-0.1, -0.05) is 0 Å². The molecule has 110 valence electrons. The second-order valence-electron chi connectivity index (χ2n) is 5.83. The third kappa shape index (κ3) is 4.56. The number of hydrogen-bond donors (Lipinski definition) is 0. The lowest BCUT2D eigenvalue weighted by atomic mass is 10.2. The Balaban J connectivity index is 1.93. The topological polar surface area (TPSA) is 32.8 Å². The summed E-state index contributed by atoms with van der Waals surface area (Å²) in [5.41, 5.74) is 0. The molecule has 5 heteroatoms. The van der Waals surface area contributed by atoms with Crippen LogP contribution < -0.4 is 0 Å². The molecule has 0 aromatic rings. The second kappa shape index (κ2) is 7.39. The molecular weight excluding hydrogens is 260 g/mol. The molecule has 0 spiro atoms. The maximum atomic E-state index is 12.4. The summed E-state index contributed by atoms with van der Waals surface area (Å²) < 4.78 is 5.68. The van der Waals surface area contributed by atoms with E-state index >= 15 is 0 Å². The average Bonchev–Trinajstić information content (AvgIpc) is 2.74. The number of carbonyl (C=O) groups excluding carboxylic acids is 1. The quantitative estimate of drug-likeness (QED) is 0.798. The number of ether oxygens (including phenoxy) is 1. The molecule has 0 aromatic carbocycles. The molecule has 1 saturated heterocycles. The molecule has 2 aliphatic rings. The monoisotopic (exact) mass is 286 g/mol. The average molecular weight is 286 g/mol. The first-order chi connectivity index (χ1) is 9.16. The predicted octanol–water partition coefficient (Wildman–Crippen LogP) is 2.43. The highest BCUT2D eigenvalue weighted by atomic mass is 32.2. The number of hydrogen-bond acceptors (Lipinski definition) is 4. The van der Waals surface area contributed by atoms with Crippen molar-refractivity contribution in [1.29, 1.82) is 0 Å². The van der Waals surface area contributed by atoms with Crippen LogP contribution in [0.5, 0.6) is 0 Å². The van der Waals surface area contributed by atoms with Gasteiger partial charge in [0.15, 0.2) is 0 Å². The lowest BCUT2D eigenvalue weighted by Crippen LogP contribution is -2.47. The van der Waals surface area contributed by atoms with Gasteiger partial charge in [0.1, 0.15) is 6.10 Å². The van der Waals surface area contributed by atoms with Crippen molar-refractivity contribution in [2.75, 3.05) is 38.7 Å². The molecule has 0 radical (unpaired) electrons. The first-order valence-electron chi connectivity index (χ1n) is 7.36. The Morgan fingerprint density at radius 1 is 1.32 bits per heavy atom. The highest BCUT2D eigenvalue weighted by molar-refractivity contribution is 7.99. The van der Waals surface area contributed by atoms with Gasteiger partial charge in [0.25, 0.3) is 0 Å². The molecule has 1 aliphatic carbocycles. The summed E-state index contributed by atoms with van der Waals surface area (Å²) >= 11 is 1.95. The summed E-state index contributed by atoms with van der Waals surface area (Å²) in [6.07, 6.45) is 5.67. The van der Waals surface area contributed by atoms with Gasteiger partial charge in [-0.25, -0.2) is 4.79 Å². The second-order valence-corrected chi connectivity index (χ2v) is 6.98. The minimum atomic E-state index is -0.0822. The maximum absolute atomic E-state index is 12.4. The van der Waals surface area contributed by atoms with Gasteiger partial charge < -0.3 is 14.5 Å². The number of likely N-dealkylation sites (N-methyl/N-ethyl adjacent to an activating group) is 1. The van der Waals surface area contributed by atoms with E-state index in [1.807, 2.05) is 16.7 Å². The predicted molar refractivity (Wildman–Crippen MR) is 79.7 cm³/mol. The Labute approximate surface area is 120 Å². The third-order valence-corrected chi connectivity index (χ3v) is 5.02. The molecule has 0 N–H and O–H groups in total. The fraction of sp³-hybridized carbons (Fsp3) is 0.929. The Kier molecular flexibility index (Phi) is 5.82. The number of nitrogens with zero attached hydrogens (tertiary/aromatic N) is 2. The summed E-state index contributed by atoms with van der Waals surface area (Å²) in [6.45, 7) is 1.77. The van der Waals surface area contributed by atoms with Crippen molar-refractivity contribution >= 4 is 17.9 Å². The summed E-state index contributed by atoms with van der Waals surface area (Å²) in [7, 11) is 4.13. The zero-order valence-corrected chi connectivity index (χ0v) is 13.0. The minimum Gasteiger partial charge on any atom is -0.446 e. The van der Waals surface area contributed by atoms with E-state index in [0.717, 1.165) is 43.9 Å². The van der Waals surface area contributed by atoms with Gasteiger partial charge in [-0.3, -0.25) is 0 Å². The molecule has 1 saturated carbocycles. The SMILES string of the molecule is CN(C)CC1CSCCCN1C(=O)OC1CCCC1. The van der Waals surface area contributed by atoms with Gasteiger partial charge >= 0.3 is 6.09 Å². The van der Waals surface area contributed by atoms with Crippen LogP contribution in [0, 0.1) is 0 Å². The van der Waals surface area contributed by atoms with Gasteiger partial charge in [0.05, 0.1) is 6.04 Å². The number of thioether (sulfide) groups is 1. The van der Waals surface area contributed by atoms with Crippen molar-refractivity contribution in [3.05, 3.63) is 0 Å².